The van der Waals surface area contributed by atoms with E-state index in [4.69, 9.17) is 5.73 Å². The van der Waals surface area contributed by atoms with E-state index in [1.165, 1.54) is 29.8 Å². The SMILES string of the molecule is COC(=O)c1sc(-c2cncs2)cc1N. The lowest BCUT2D eigenvalue weighted by Gasteiger charge is -1.94. The van der Waals surface area contributed by atoms with Gasteiger partial charge in [0.2, 0.25) is 0 Å². The highest BCUT2D eigenvalue weighted by Crippen LogP contribution is 2.35. The lowest BCUT2D eigenvalue weighted by molar-refractivity contribution is 0.0607. The molecule has 0 atom stereocenters. The number of hydrogen-bond acceptors (Lipinski definition) is 6. The summed E-state index contributed by atoms with van der Waals surface area (Å²) >= 11 is 2.83. The molecule has 2 aromatic rings. The van der Waals surface area contributed by atoms with Gasteiger partial charge in [0.25, 0.3) is 0 Å². The first-order valence-electron chi connectivity index (χ1n) is 4.09. The third-order valence-electron chi connectivity index (χ3n) is 1.81. The van der Waals surface area contributed by atoms with Crippen LogP contribution in [-0.2, 0) is 4.74 Å². The largest absolute Gasteiger partial charge is 0.465 e. The Morgan fingerprint density at radius 3 is 2.93 bits per heavy atom. The Hall–Kier alpha value is -1.40. The second kappa shape index (κ2) is 4.00. The van der Waals surface area contributed by atoms with Crippen LogP contribution in [0.3, 0.4) is 0 Å². The van der Waals surface area contributed by atoms with Crippen LogP contribution in [0.1, 0.15) is 9.67 Å². The van der Waals surface area contributed by atoms with E-state index >= 15 is 0 Å². The van der Waals surface area contributed by atoms with Gasteiger partial charge < -0.3 is 10.5 Å². The number of carbonyl (C=O) groups is 1. The topological polar surface area (TPSA) is 65.2 Å². The zero-order valence-corrected chi connectivity index (χ0v) is 9.52. The van der Waals surface area contributed by atoms with Crippen molar-refractivity contribution >= 4 is 34.3 Å². The van der Waals surface area contributed by atoms with Crippen LogP contribution in [0.15, 0.2) is 17.8 Å². The first-order chi connectivity index (χ1) is 7.22. The number of thiophene rings is 1. The quantitative estimate of drug-likeness (QED) is 0.817. The number of hydrogen-bond donors (Lipinski definition) is 1. The highest BCUT2D eigenvalue weighted by atomic mass is 32.1. The number of anilines is 1. The van der Waals surface area contributed by atoms with Crippen LogP contribution in [0.2, 0.25) is 0 Å². The van der Waals surface area contributed by atoms with Crippen molar-refractivity contribution in [2.24, 2.45) is 0 Å². The summed E-state index contributed by atoms with van der Waals surface area (Å²) in [6.45, 7) is 0. The van der Waals surface area contributed by atoms with Crippen molar-refractivity contribution in [2.75, 3.05) is 12.8 Å². The van der Waals surface area contributed by atoms with Crippen molar-refractivity contribution in [3.8, 4) is 9.75 Å². The number of rotatable bonds is 2. The molecule has 0 spiro atoms. The number of nitrogen functional groups attached to an aromatic ring is 1. The molecule has 0 saturated carbocycles. The van der Waals surface area contributed by atoms with Crippen molar-refractivity contribution in [2.45, 2.75) is 0 Å². The molecule has 0 radical (unpaired) electrons. The standard InChI is InChI=1S/C9H8N2O2S2/c1-13-9(12)8-5(10)2-6(15-8)7-3-11-4-14-7/h2-4H,10H2,1H3. The zero-order chi connectivity index (χ0) is 10.8. The number of ether oxygens (including phenoxy) is 1. The van der Waals surface area contributed by atoms with Gasteiger partial charge in [0, 0.05) is 11.1 Å². The van der Waals surface area contributed by atoms with E-state index in [0.717, 1.165) is 9.75 Å². The minimum atomic E-state index is -0.395. The Kier molecular flexibility index (Phi) is 2.70. The second-order valence-electron chi connectivity index (χ2n) is 2.75. The predicted octanol–water partition coefficient (Wildman–Crippen LogP) is 2.24. The first-order valence-corrected chi connectivity index (χ1v) is 5.78. The molecule has 0 aliphatic heterocycles. The van der Waals surface area contributed by atoms with E-state index in [1.54, 1.807) is 17.8 Å². The van der Waals surface area contributed by atoms with Crippen molar-refractivity contribution in [3.05, 3.63) is 22.7 Å². The van der Waals surface area contributed by atoms with Crippen molar-refractivity contribution in [1.29, 1.82) is 0 Å². The van der Waals surface area contributed by atoms with Gasteiger partial charge in [0.15, 0.2) is 0 Å². The number of carbonyl (C=O) groups excluding carboxylic acids is 1. The van der Waals surface area contributed by atoms with E-state index in [-0.39, 0.29) is 0 Å². The normalized spacial score (nSPS) is 10.2. The molecule has 0 bridgehead atoms. The van der Waals surface area contributed by atoms with Gasteiger partial charge in [-0.1, -0.05) is 0 Å². The summed E-state index contributed by atoms with van der Waals surface area (Å²) in [5, 5.41) is 0. The maximum absolute atomic E-state index is 11.3. The maximum Gasteiger partial charge on any atom is 0.350 e. The summed E-state index contributed by atoms with van der Waals surface area (Å²) in [5.41, 5.74) is 7.91. The average Bonchev–Trinajstić information content (AvgIpc) is 2.84. The molecule has 15 heavy (non-hydrogen) atoms. The van der Waals surface area contributed by atoms with Gasteiger partial charge in [0.1, 0.15) is 4.88 Å². The zero-order valence-electron chi connectivity index (χ0n) is 7.89. The van der Waals surface area contributed by atoms with E-state index in [9.17, 15) is 4.79 Å². The van der Waals surface area contributed by atoms with Crippen molar-refractivity contribution in [3.63, 3.8) is 0 Å². The summed E-state index contributed by atoms with van der Waals surface area (Å²) in [5.74, 6) is -0.395. The van der Waals surface area contributed by atoms with Crippen molar-refractivity contribution in [1.82, 2.24) is 4.98 Å². The van der Waals surface area contributed by atoms with E-state index in [0.29, 0.717) is 10.6 Å². The van der Waals surface area contributed by atoms with Gasteiger partial charge in [-0.3, -0.25) is 4.98 Å². The van der Waals surface area contributed by atoms with Gasteiger partial charge >= 0.3 is 5.97 Å². The number of nitrogens with two attached hydrogens (primary N) is 1. The minimum Gasteiger partial charge on any atom is -0.465 e. The van der Waals surface area contributed by atoms with Gasteiger partial charge in [-0.15, -0.1) is 22.7 Å². The van der Waals surface area contributed by atoms with Crippen LogP contribution in [0.4, 0.5) is 5.69 Å². The molecular weight excluding hydrogens is 232 g/mol. The third-order valence-corrected chi connectivity index (χ3v) is 3.91. The molecule has 6 heteroatoms. The molecule has 2 rings (SSSR count). The number of methoxy groups -OCH3 is 1. The Labute approximate surface area is 94.3 Å². The first kappa shape index (κ1) is 10.1. The predicted molar refractivity (Wildman–Crippen MR) is 61.2 cm³/mol. The van der Waals surface area contributed by atoms with Gasteiger partial charge in [0.05, 0.1) is 23.2 Å². The number of thiazole rings is 1. The summed E-state index contributed by atoms with van der Waals surface area (Å²) < 4.78 is 4.63. The fraction of sp³-hybridized carbons (Fsp3) is 0.111. The molecule has 2 aromatic heterocycles. The second-order valence-corrected chi connectivity index (χ2v) is 4.69. The molecule has 0 aromatic carbocycles. The van der Waals surface area contributed by atoms with Crippen molar-refractivity contribution < 1.29 is 9.53 Å². The van der Waals surface area contributed by atoms with Crippen LogP contribution in [0, 0.1) is 0 Å². The molecule has 4 nitrogen and oxygen atoms in total. The fourth-order valence-electron chi connectivity index (χ4n) is 1.12. The van der Waals surface area contributed by atoms with E-state index in [2.05, 4.69) is 9.72 Å². The Morgan fingerprint density at radius 2 is 2.33 bits per heavy atom. The molecule has 0 unspecified atom stereocenters. The number of esters is 1. The molecule has 0 aliphatic rings. The highest BCUT2D eigenvalue weighted by molar-refractivity contribution is 7.22. The molecule has 2 heterocycles. The average molecular weight is 240 g/mol. The molecule has 0 fully saturated rings. The van der Waals surface area contributed by atoms with Gasteiger partial charge in [-0.2, -0.15) is 0 Å². The van der Waals surface area contributed by atoms with Gasteiger partial charge in [-0.25, -0.2) is 4.79 Å². The molecular formula is C9H8N2O2S2. The van der Waals surface area contributed by atoms with Crippen LogP contribution in [-0.4, -0.2) is 18.1 Å². The van der Waals surface area contributed by atoms with Crippen LogP contribution in [0.25, 0.3) is 9.75 Å². The maximum atomic E-state index is 11.3. The monoisotopic (exact) mass is 240 g/mol. The number of aromatic nitrogens is 1. The smallest absolute Gasteiger partial charge is 0.350 e. The fourth-order valence-corrected chi connectivity index (χ4v) is 2.82. The summed E-state index contributed by atoms with van der Waals surface area (Å²) in [6.07, 6.45) is 1.75. The highest BCUT2D eigenvalue weighted by Gasteiger charge is 2.15. The molecule has 2 N–H and O–H groups in total. The summed E-state index contributed by atoms with van der Waals surface area (Å²) in [6, 6.07) is 1.77. The Balaban J connectivity index is 2.41. The number of nitrogens with zero attached hydrogens (tertiary/aromatic N) is 1. The lowest BCUT2D eigenvalue weighted by Crippen LogP contribution is -2.00. The van der Waals surface area contributed by atoms with Crippen LogP contribution in [0.5, 0.6) is 0 Å². The lowest BCUT2D eigenvalue weighted by atomic mass is 10.3. The summed E-state index contributed by atoms with van der Waals surface area (Å²) in [4.78, 5) is 17.7. The molecule has 0 amide bonds. The van der Waals surface area contributed by atoms with Gasteiger partial charge in [-0.05, 0) is 6.07 Å². The Morgan fingerprint density at radius 1 is 1.53 bits per heavy atom. The van der Waals surface area contributed by atoms with Crippen LogP contribution >= 0.6 is 22.7 Å². The van der Waals surface area contributed by atoms with E-state index < -0.39 is 5.97 Å². The minimum absolute atomic E-state index is 0.395. The molecule has 0 aliphatic carbocycles. The molecule has 78 valence electrons. The van der Waals surface area contributed by atoms with Crippen LogP contribution < -0.4 is 5.73 Å². The third kappa shape index (κ3) is 1.86. The Bertz CT molecular complexity index is 476. The summed E-state index contributed by atoms with van der Waals surface area (Å²) in [7, 11) is 1.34. The van der Waals surface area contributed by atoms with E-state index in [1.807, 2.05) is 0 Å². The molecule has 0 saturated heterocycles.